The van der Waals surface area contributed by atoms with Crippen LogP contribution >= 0.6 is 0 Å². The Labute approximate surface area is 254 Å². The van der Waals surface area contributed by atoms with Crippen LogP contribution in [0.5, 0.6) is 0 Å². The molecule has 2 N–H and O–H groups in total. The van der Waals surface area contributed by atoms with E-state index in [0.29, 0.717) is 60.1 Å². The minimum atomic E-state index is -0.286. The number of morpholine rings is 2. The van der Waals surface area contributed by atoms with Gasteiger partial charge < -0.3 is 29.9 Å². The molecule has 6 rings (SSSR count). The van der Waals surface area contributed by atoms with E-state index in [-0.39, 0.29) is 17.6 Å². The van der Waals surface area contributed by atoms with E-state index in [1.807, 2.05) is 12.1 Å². The second kappa shape index (κ2) is 13.4. The lowest BCUT2D eigenvalue weighted by Crippen LogP contribution is -2.36. The number of benzene rings is 2. The Morgan fingerprint density at radius 1 is 0.523 bits per heavy atom. The molecule has 2 amide bonds. The van der Waals surface area contributed by atoms with Crippen molar-refractivity contribution in [1.82, 2.24) is 9.97 Å². The van der Waals surface area contributed by atoms with Gasteiger partial charge in [-0.3, -0.25) is 14.4 Å². The van der Waals surface area contributed by atoms with Crippen LogP contribution in [0.2, 0.25) is 0 Å². The van der Waals surface area contributed by atoms with Gasteiger partial charge in [0.15, 0.2) is 5.78 Å². The maximum atomic E-state index is 13.1. The maximum Gasteiger partial charge on any atom is 0.257 e. The van der Waals surface area contributed by atoms with Crippen molar-refractivity contribution in [2.24, 2.45) is 0 Å². The van der Waals surface area contributed by atoms with Crippen LogP contribution in [0.25, 0.3) is 0 Å². The number of nitrogens with zero attached hydrogens (tertiary/aromatic N) is 4. The third kappa shape index (κ3) is 6.91. The normalized spacial score (nSPS) is 15.0. The molecule has 0 bridgehead atoms. The fourth-order valence-corrected chi connectivity index (χ4v) is 4.98. The van der Waals surface area contributed by atoms with Crippen LogP contribution in [0.15, 0.2) is 85.2 Å². The molecule has 0 unspecified atom stereocenters. The standard InChI is InChI=1S/C33H32N6O5/c40-31(23-1-7-27(8-2-23)36-32(41)25-5-11-29(34-21-25)38-13-17-43-18-14-38)24-3-9-28(10-4-24)37-33(42)26-6-12-30(35-22-26)39-15-19-44-20-16-39/h1-12,21-22H,13-20H2,(H,36,41)(H,37,42). The van der Waals surface area contributed by atoms with Crippen molar-refractivity contribution in [1.29, 1.82) is 0 Å². The first-order valence-electron chi connectivity index (χ1n) is 14.5. The number of carbonyl (C=O) groups excluding carboxylic acids is 3. The van der Waals surface area contributed by atoms with Gasteiger partial charge in [0.2, 0.25) is 0 Å². The lowest BCUT2D eigenvalue weighted by atomic mass is 10.0. The summed E-state index contributed by atoms with van der Waals surface area (Å²) in [6.45, 7) is 5.74. The van der Waals surface area contributed by atoms with Crippen molar-refractivity contribution in [3.63, 3.8) is 0 Å². The van der Waals surface area contributed by atoms with Crippen molar-refractivity contribution in [3.05, 3.63) is 107 Å². The van der Waals surface area contributed by atoms with Crippen molar-refractivity contribution in [2.75, 3.05) is 73.0 Å². The average Bonchev–Trinajstić information content (AvgIpc) is 3.09. The van der Waals surface area contributed by atoms with Crippen LogP contribution < -0.4 is 20.4 Å². The van der Waals surface area contributed by atoms with Crippen LogP contribution in [-0.2, 0) is 9.47 Å². The molecule has 0 atom stereocenters. The molecule has 11 nitrogen and oxygen atoms in total. The van der Waals surface area contributed by atoms with E-state index in [9.17, 15) is 14.4 Å². The minimum absolute atomic E-state index is 0.174. The topological polar surface area (TPSA) is 126 Å². The Morgan fingerprint density at radius 2 is 0.886 bits per heavy atom. The fourth-order valence-electron chi connectivity index (χ4n) is 4.98. The molecule has 0 aliphatic carbocycles. The quantitative estimate of drug-likeness (QED) is 0.293. The van der Waals surface area contributed by atoms with Gasteiger partial charge in [-0.15, -0.1) is 0 Å². The molecule has 4 heterocycles. The number of amides is 2. The highest BCUT2D eigenvalue weighted by atomic mass is 16.5. The third-order valence-corrected chi connectivity index (χ3v) is 7.50. The number of carbonyl (C=O) groups is 3. The van der Waals surface area contributed by atoms with Gasteiger partial charge in [0.1, 0.15) is 11.6 Å². The first kappa shape index (κ1) is 29.0. The van der Waals surface area contributed by atoms with E-state index >= 15 is 0 Å². The van der Waals surface area contributed by atoms with Gasteiger partial charge in [-0.2, -0.15) is 0 Å². The summed E-state index contributed by atoms with van der Waals surface area (Å²) in [7, 11) is 0. The number of hydrogen-bond acceptors (Lipinski definition) is 9. The lowest BCUT2D eigenvalue weighted by molar-refractivity contribution is 0.101. The molecule has 2 saturated heterocycles. The lowest BCUT2D eigenvalue weighted by Gasteiger charge is -2.27. The van der Waals surface area contributed by atoms with E-state index in [1.54, 1.807) is 73.1 Å². The monoisotopic (exact) mass is 592 g/mol. The molecule has 44 heavy (non-hydrogen) atoms. The molecule has 2 aliphatic rings. The zero-order valence-corrected chi connectivity index (χ0v) is 24.1. The molecule has 0 spiro atoms. The van der Waals surface area contributed by atoms with Gasteiger partial charge in [0.25, 0.3) is 11.8 Å². The average molecular weight is 593 g/mol. The first-order chi connectivity index (χ1) is 21.5. The number of aromatic nitrogens is 2. The summed E-state index contributed by atoms with van der Waals surface area (Å²) < 4.78 is 10.7. The molecule has 2 aromatic heterocycles. The number of ketones is 1. The summed E-state index contributed by atoms with van der Waals surface area (Å²) in [6, 6.07) is 20.6. The van der Waals surface area contributed by atoms with Gasteiger partial charge in [-0.05, 0) is 72.8 Å². The van der Waals surface area contributed by atoms with Gasteiger partial charge in [-0.25, -0.2) is 9.97 Å². The van der Waals surface area contributed by atoms with Crippen LogP contribution in [0.3, 0.4) is 0 Å². The predicted molar refractivity (Wildman–Crippen MR) is 167 cm³/mol. The van der Waals surface area contributed by atoms with Gasteiger partial charge >= 0.3 is 0 Å². The molecule has 2 fully saturated rings. The molecular formula is C33H32N6O5. The van der Waals surface area contributed by atoms with Crippen LogP contribution in [0.1, 0.15) is 36.6 Å². The van der Waals surface area contributed by atoms with Crippen molar-refractivity contribution in [2.45, 2.75) is 0 Å². The Hall–Kier alpha value is -5.13. The smallest absolute Gasteiger partial charge is 0.257 e. The number of hydrogen-bond donors (Lipinski definition) is 2. The number of pyridine rings is 2. The molecule has 11 heteroatoms. The summed E-state index contributed by atoms with van der Waals surface area (Å²) in [5.74, 6) is 0.884. The predicted octanol–water partition coefficient (Wildman–Crippen LogP) is 3.89. The largest absolute Gasteiger partial charge is 0.378 e. The van der Waals surface area contributed by atoms with Crippen molar-refractivity contribution < 1.29 is 23.9 Å². The summed E-state index contributed by atoms with van der Waals surface area (Å²) in [5, 5.41) is 5.69. The molecule has 224 valence electrons. The maximum absolute atomic E-state index is 13.1. The molecule has 2 aromatic carbocycles. The van der Waals surface area contributed by atoms with Gasteiger partial charge in [0, 0.05) is 61.1 Å². The first-order valence-corrected chi connectivity index (χ1v) is 14.5. The molecule has 4 aromatic rings. The number of rotatable bonds is 8. The van der Waals surface area contributed by atoms with E-state index in [4.69, 9.17) is 9.47 Å². The Balaban J connectivity index is 1.02. The molecule has 2 aliphatic heterocycles. The molecule has 0 radical (unpaired) electrons. The number of nitrogens with one attached hydrogen (secondary N) is 2. The molecular weight excluding hydrogens is 560 g/mol. The number of anilines is 4. The SMILES string of the molecule is O=C(Nc1ccc(C(=O)c2ccc(NC(=O)c3ccc(N4CCOCC4)nc3)cc2)cc1)c1ccc(N2CCOCC2)nc1. The fraction of sp³-hybridized carbons (Fsp3) is 0.242. The second-order valence-electron chi connectivity index (χ2n) is 10.4. The van der Waals surface area contributed by atoms with Gasteiger partial charge in [-0.1, -0.05) is 0 Å². The third-order valence-electron chi connectivity index (χ3n) is 7.50. The highest BCUT2D eigenvalue weighted by molar-refractivity contribution is 6.10. The minimum Gasteiger partial charge on any atom is -0.378 e. The van der Waals surface area contributed by atoms with E-state index in [0.717, 1.165) is 37.8 Å². The van der Waals surface area contributed by atoms with Gasteiger partial charge in [0.05, 0.1) is 37.6 Å². The van der Waals surface area contributed by atoms with E-state index in [1.165, 1.54) is 0 Å². The van der Waals surface area contributed by atoms with Crippen LogP contribution in [0, 0.1) is 0 Å². The van der Waals surface area contributed by atoms with Crippen LogP contribution in [0.4, 0.5) is 23.0 Å². The number of ether oxygens (including phenoxy) is 2. The zero-order chi connectivity index (χ0) is 30.3. The summed E-state index contributed by atoms with van der Waals surface area (Å²) in [4.78, 5) is 51.6. The summed E-state index contributed by atoms with van der Waals surface area (Å²) in [6.07, 6.45) is 3.12. The zero-order valence-electron chi connectivity index (χ0n) is 24.1. The summed E-state index contributed by atoms with van der Waals surface area (Å²) >= 11 is 0. The Morgan fingerprint density at radius 3 is 1.23 bits per heavy atom. The molecule has 0 saturated carbocycles. The van der Waals surface area contributed by atoms with Crippen LogP contribution in [-0.4, -0.2) is 80.2 Å². The Kier molecular flexibility index (Phi) is 8.85. The van der Waals surface area contributed by atoms with E-state index in [2.05, 4.69) is 30.4 Å². The van der Waals surface area contributed by atoms with E-state index < -0.39 is 0 Å². The highest BCUT2D eigenvalue weighted by Crippen LogP contribution is 2.19. The van der Waals surface area contributed by atoms with Crippen molar-refractivity contribution in [3.8, 4) is 0 Å². The Bertz CT molecular complexity index is 1480. The van der Waals surface area contributed by atoms with Crippen molar-refractivity contribution >= 4 is 40.6 Å². The second-order valence-corrected chi connectivity index (χ2v) is 10.4. The summed E-state index contributed by atoms with van der Waals surface area (Å²) in [5.41, 5.74) is 2.96. The highest BCUT2D eigenvalue weighted by Gasteiger charge is 2.16.